The van der Waals surface area contributed by atoms with Crippen molar-refractivity contribution in [3.8, 4) is 0 Å². The Kier molecular flexibility index (Phi) is 8.13. The van der Waals surface area contributed by atoms with Gasteiger partial charge >= 0.3 is 6.03 Å². The van der Waals surface area contributed by atoms with Gasteiger partial charge in [-0.3, -0.25) is 10.1 Å². The van der Waals surface area contributed by atoms with Crippen LogP contribution in [-0.2, 0) is 17.9 Å². The number of aromatic nitrogens is 3. The highest BCUT2D eigenvalue weighted by molar-refractivity contribution is 7.15. The highest BCUT2D eigenvalue weighted by Gasteiger charge is 2.33. The molecular formula is C29H30N8O2S. The molecule has 0 saturated carbocycles. The minimum atomic E-state index is -0.248. The first-order chi connectivity index (χ1) is 19.4. The minimum Gasteiger partial charge on any atom is -0.322 e. The number of fused-ring (bicyclic) bond motifs is 1. The van der Waals surface area contributed by atoms with Gasteiger partial charge in [-0.2, -0.15) is 4.98 Å². The summed E-state index contributed by atoms with van der Waals surface area (Å²) >= 11 is 1.49. The van der Waals surface area contributed by atoms with E-state index in [2.05, 4.69) is 20.6 Å². The van der Waals surface area contributed by atoms with Crippen molar-refractivity contribution < 1.29 is 9.59 Å². The summed E-state index contributed by atoms with van der Waals surface area (Å²) in [6.45, 7) is 3.42. The number of benzene rings is 2. The Morgan fingerprint density at radius 2 is 1.93 bits per heavy atom. The summed E-state index contributed by atoms with van der Waals surface area (Å²) in [5, 5.41) is 6.70. The van der Waals surface area contributed by atoms with Crippen molar-refractivity contribution in [1.82, 2.24) is 24.8 Å². The Labute approximate surface area is 237 Å². The van der Waals surface area contributed by atoms with Crippen LogP contribution in [0.5, 0.6) is 0 Å². The number of rotatable bonds is 9. The molecule has 0 unspecified atom stereocenters. The van der Waals surface area contributed by atoms with Crippen molar-refractivity contribution in [3.05, 3.63) is 95.1 Å². The summed E-state index contributed by atoms with van der Waals surface area (Å²) < 4.78 is 0. The number of thiazole rings is 1. The maximum atomic E-state index is 14.0. The number of hydrogen-bond donors (Lipinski definition) is 2. The topological polar surface area (TPSA) is 107 Å². The maximum Gasteiger partial charge on any atom is 0.330 e. The van der Waals surface area contributed by atoms with Gasteiger partial charge in [0.05, 0.1) is 12.2 Å². The van der Waals surface area contributed by atoms with Gasteiger partial charge in [-0.05, 0) is 44.8 Å². The van der Waals surface area contributed by atoms with Crippen LogP contribution < -0.4 is 15.5 Å². The molecule has 40 heavy (non-hydrogen) atoms. The van der Waals surface area contributed by atoms with E-state index in [1.807, 2.05) is 62.3 Å². The number of carbonyl (C=O) groups is 2. The Balaban J connectivity index is 1.47. The number of nitrogens with zero attached hydrogens (tertiary/aromatic N) is 6. The van der Waals surface area contributed by atoms with E-state index in [1.165, 1.54) is 17.4 Å². The molecule has 0 bridgehead atoms. The minimum absolute atomic E-state index is 0.222. The second-order valence-corrected chi connectivity index (χ2v) is 10.8. The van der Waals surface area contributed by atoms with Crippen molar-refractivity contribution in [3.63, 3.8) is 0 Å². The van der Waals surface area contributed by atoms with E-state index < -0.39 is 0 Å². The van der Waals surface area contributed by atoms with Gasteiger partial charge in [0.25, 0.3) is 0 Å². The number of amides is 3. The van der Waals surface area contributed by atoms with Crippen LogP contribution in [0.2, 0.25) is 0 Å². The number of aryl methyl sites for hydroxylation is 1. The van der Waals surface area contributed by atoms with Crippen molar-refractivity contribution >= 4 is 51.5 Å². The summed E-state index contributed by atoms with van der Waals surface area (Å²) in [6.07, 6.45) is 6.81. The number of hydrogen-bond acceptors (Lipinski definition) is 8. The van der Waals surface area contributed by atoms with E-state index in [0.717, 1.165) is 16.0 Å². The largest absolute Gasteiger partial charge is 0.330 e. The third-order valence-corrected chi connectivity index (χ3v) is 6.87. The van der Waals surface area contributed by atoms with Crippen molar-refractivity contribution in [1.29, 1.82) is 0 Å². The quantitative estimate of drug-likeness (QED) is 0.270. The standard InChI is InChI=1S/C29H30N8O2S/c1-20-16-31-28(40-20)34-27-30-17-22-19-36(18-21-9-5-4-6-10-21)29(39)37(26(22)33-27)24-12-7-11-23(15-24)32-25(38)13-8-14-35(2)3/h4-13,15-17H,14,18-19H2,1-3H3,(H,32,38)(H,30,31,33,34)/b13-8+. The van der Waals surface area contributed by atoms with E-state index in [4.69, 9.17) is 4.98 Å². The lowest BCUT2D eigenvalue weighted by Gasteiger charge is -2.36. The fourth-order valence-electron chi connectivity index (χ4n) is 4.21. The molecule has 0 aliphatic carbocycles. The van der Waals surface area contributed by atoms with E-state index in [1.54, 1.807) is 46.5 Å². The van der Waals surface area contributed by atoms with E-state index in [-0.39, 0.29) is 11.9 Å². The molecule has 0 radical (unpaired) electrons. The molecule has 0 fully saturated rings. The van der Waals surface area contributed by atoms with Crippen LogP contribution in [0.1, 0.15) is 16.0 Å². The van der Waals surface area contributed by atoms with Crippen LogP contribution in [0.3, 0.4) is 0 Å². The Hall–Kier alpha value is -4.61. The van der Waals surface area contributed by atoms with Gasteiger partial charge in [0.1, 0.15) is 0 Å². The predicted molar refractivity (Wildman–Crippen MR) is 158 cm³/mol. The smallest absolute Gasteiger partial charge is 0.322 e. The van der Waals surface area contributed by atoms with Crippen molar-refractivity contribution in [2.75, 3.05) is 36.2 Å². The van der Waals surface area contributed by atoms with Gasteiger partial charge in [-0.25, -0.2) is 19.7 Å². The molecule has 4 aromatic rings. The second-order valence-electron chi connectivity index (χ2n) is 9.61. The molecule has 3 heterocycles. The Bertz CT molecular complexity index is 1540. The average molecular weight is 555 g/mol. The van der Waals surface area contributed by atoms with Crippen LogP contribution in [0.25, 0.3) is 0 Å². The molecular weight excluding hydrogens is 524 g/mol. The zero-order valence-electron chi connectivity index (χ0n) is 22.5. The molecule has 0 spiro atoms. The summed E-state index contributed by atoms with van der Waals surface area (Å²) in [5.41, 5.74) is 2.96. The number of urea groups is 1. The first kappa shape index (κ1) is 27.0. The van der Waals surface area contributed by atoms with Gasteiger partial charge in [-0.15, -0.1) is 11.3 Å². The predicted octanol–water partition coefficient (Wildman–Crippen LogP) is 5.32. The molecule has 0 atom stereocenters. The third-order valence-electron chi connectivity index (χ3n) is 6.04. The van der Waals surface area contributed by atoms with Gasteiger partial charge in [-0.1, -0.05) is 42.5 Å². The number of anilines is 5. The van der Waals surface area contributed by atoms with Crippen LogP contribution >= 0.6 is 11.3 Å². The third kappa shape index (κ3) is 6.50. The average Bonchev–Trinajstić information content (AvgIpc) is 3.34. The lowest BCUT2D eigenvalue weighted by molar-refractivity contribution is -0.111. The number of nitrogens with one attached hydrogen (secondary N) is 2. The normalized spacial score (nSPS) is 13.2. The molecule has 11 heteroatoms. The van der Waals surface area contributed by atoms with Crippen LogP contribution in [0.15, 0.2) is 79.1 Å². The molecule has 1 aliphatic rings. The zero-order valence-corrected chi connectivity index (χ0v) is 23.4. The summed E-state index contributed by atoms with van der Waals surface area (Å²) in [7, 11) is 3.87. The lowest BCUT2D eigenvalue weighted by Crippen LogP contribution is -2.45. The number of carbonyl (C=O) groups excluding carboxylic acids is 2. The molecule has 3 amide bonds. The molecule has 0 saturated heterocycles. The highest BCUT2D eigenvalue weighted by atomic mass is 32.1. The Morgan fingerprint density at radius 3 is 2.67 bits per heavy atom. The molecule has 1 aliphatic heterocycles. The monoisotopic (exact) mass is 554 g/mol. The summed E-state index contributed by atoms with van der Waals surface area (Å²) in [4.78, 5) is 46.4. The van der Waals surface area contributed by atoms with Gasteiger partial charge < -0.3 is 15.1 Å². The fraction of sp³-hybridized carbons (Fsp3) is 0.207. The van der Waals surface area contributed by atoms with E-state index >= 15 is 0 Å². The first-order valence-electron chi connectivity index (χ1n) is 12.8. The van der Waals surface area contributed by atoms with Crippen LogP contribution in [-0.4, -0.2) is 57.3 Å². The lowest BCUT2D eigenvalue weighted by atomic mass is 10.1. The highest BCUT2D eigenvalue weighted by Crippen LogP contribution is 2.36. The second kappa shape index (κ2) is 12.1. The van der Waals surface area contributed by atoms with Crippen molar-refractivity contribution in [2.45, 2.75) is 20.0 Å². The summed E-state index contributed by atoms with van der Waals surface area (Å²) in [6, 6.07) is 16.8. The van der Waals surface area contributed by atoms with E-state index in [0.29, 0.717) is 47.9 Å². The zero-order chi connectivity index (χ0) is 28.1. The van der Waals surface area contributed by atoms with Crippen molar-refractivity contribution in [2.24, 2.45) is 0 Å². The maximum absolute atomic E-state index is 14.0. The van der Waals surface area contributed by atoms with Gasteiger partial charge in [0.2, 0.25) is 11.9 Å². The SMILES string of the molecule is Cc1cnc(Nc2ncc3c(n2)N(c2cccc(NC(=O)/C=C/CN(C)C)c2)C(=O)N(Cc2ccccc2)C3)s1. The first-order valence-corrected chi connectivity index (χ1v) is 13.6. The fourth-order valence-corrected chi connectivity index (χ4v) is 4.87. The molecule has 2 N–H and O–H groups in total. The molecule has 5 rings (SSSR count). The van der Waals surface area contributed by atoms with Crippen LogP contribution in [0.4, 0.5) is 33.1 Å². The molecule has 2 aromatic heterocycles. The van der Waals surface area contributed by atoms with Gasteiger partial charge in [0, 0.05) is 47.7 Å². The van der Waals surface area contributed by atoms with E-state index in [9.17, 15) is 9.59 Å². The molecule has 10 nitrogen and oxygen atoms in total. The Morgan fingerprint density at radius 1 is 1.10 bits per heavy atom. The van der Waals surface area contributed by atoms with Gasteiger partial charge in [0.15, 0.2) is 10.9 Å². The molecule has 2 aromatic carbocycles. The molecule has 204 valence electrons. The number of likely N-dealkylation sites (N-methyl/N-ethyl adjacent to an activating group) is 1. The summed E-state index contributed by atoms with van der Waals surface area (Å²) in [5.74, 6) is 0.579. The van der Waals surface area contributed by atoms with Crippen LogP contribution in [0, 0.1) is 6.92 Å².